The SMILES string of the molecule is [C-]#[N+]C[C@H]1CN(c2nc(O[C@H](C)CN(C)CC3CC(F)(F)C3)nc3c2CCN(c2cncc4cccc(C)c24)C3)CCN1C(=O)C(=C)F. The van der Waals surface area contributed by atoms with E-state index in [9.17, 15) is 18.0 Å². The molecule has 1 aromatic carbocycles. The number of carbonyl (C=O) groups is 1. The number of rotatable bonds is 10. The van der Waals surface area contributed by atoms with E-state index in [1.54, 1.807) is 0 Å². The maximum atomic E-state index is 13.9. The Kier molecular flexibility index (Phi) is 9.47. The monoisotopic (exact) mass is 662 g/mol. The minimum Gasteiger partial charge on any atom is -0.459 e. The topological polar surface area (TPSA) is 82.3 Å². The summed E-state index contributed by atoms with van der Waals surface area (Å²) < 4.78 is 47.0. The van der Waals surface area contributed by atoms with Crippen molar-refractivity contribution in [3.63, 3.8) is 0 Å². The Labute approximate surface area is 279 Å². The van der Waals surface area contributed by atoms with Gasteiger partial charge in [0, 0.05) is 74.6 Å². The van der Waals surface area contributed by atoms with Crippen LogP contribution in [-0.2, 0) is 17.8 Å². The molecule has 1 saturated heterocycles. The predicted octanol–water partition coefficient (Wildman–Crippen LogP) is 5.06. The first-order valence-electron chi connectivity index (χ1n) is 16.4. The first kappa shape index (κ1) is 33.5. The normalized spacial score (nSPS) is 19.9. The summed E-state index contributed by atoms with van der Waals surface area (Å²) in [5.74, 6) is -3.75. The minimum atomic E-state index is -2.55. The van der Waals surface area contributed by atoms with Crippen molar-refractivity contribution in [1.29, 1.82) is 0 Å². The zero-order chi connectivity index (χ0) is 34.2. The molecule has 0 unspecified atom stereocenters. The highest BCUT2D eigenvalue weighted by Gasteiger charge is 2.45. The number of anilines is 2. The second kappa shape index (κ2) is 13.6. The lowest BCUT2D eigenvalue weighted by molar-refractivity contribution is -0.131. The third kappa shape index (κ3) is 7.04. The number of benzene rings is 1. The molecule has 0 radical (unpaired) electrons. The Balaban J connectivity index is 1.28. The van der Waals surface area contributed by atoms with E-state index in [0.717, 1.165) is 33.3 Å². The number of hydrogen-bond donors (Lipinski definition) is 0. The van der Waals surface area contributed by atoms with Gasteiger partial charge in [-0.2, -0.15) is 9.97 Å². The van der Waals surface area contributed by atoms with E-state index in [2.05, 4.69) is 40.4 Å². The second-order valence-corrected chi connectivity index (χ2v) is 13.4. The summed E-state index contributed by atoms with van der Waals surface area (Å²) in [7, 11) is 1.90. The van der Waals surface area contributed by atoms with E-state index >= 15 is 0 Å². The fourth-order valence-corrected chi connectivity index (χ4v) is 7.37. The number of aryl methyl sites for hydroxylation is 1. The van der Waals surface area contributed by atoms with Gasteiger partial charge in [-0.05, 0) is 38.8 Å². The van der Waals surface area contributed by atoms with Crippen LogP contribution in [0, 0.1) is 19.4 Å². The van der Waals surface area contributed by atoms with Crippen molar-refractivity contribution in [2.45, 2.75) is 57.7 Å². The van der Waals surface area contributed by atoms with Gasteiger partial charge in [0.25, 0.3) is 5.91 Å². The molecule has 1 amide bonds. The number of alkyl halides is 2. The van der Waals surface area contributed by atoms with E-state index in [0.29, 0.717) is 51.5 Å². The molecule has 0 bridgehead atoms. The van der Waals surface area contributed by atoms with Crippen LogP contribution in [0.25, 0.3) is 15.6 Å². The van der Waals surface area contributed by atoms with Crippen molar-refractivity contribution in [2.24, 2.45) is 5.92 Å². The predicted molar refractivity (Wildman–Crippen MR) is 178 cm³/mol. The first-order valence-corrected chi connectivity index (χ1v) is 16.4. The highest BCUT2D eigenvalue weighted by molar-refractivity contribution is 5.96. The number of likely N-dealkylation sites (N-methyl/N-ethyl adjacent to an activating group) is 1. The molecule has 2 fully saturated rings. The third-order valence-corrected chi connectivity index (χ3v) is 9.53. The molecule has 3 aromatic rings. The van der Waals surface area contributed by atoms with E-state index in [1.165, 1.54) is 4.90 Å². The van der Waals surface area contributed by atoms with Gasteiger partial charge in [-0.15, -0.1) is 0 Å². The number of fused-ring (bicyclic) bond motifs is 2. The van der Waals surface area contributed by atoms with E-state index < -0.39 is 23.7 Å². The van der Waals surface area contributed by atoms with Crippen LogP contribution >= 0.6 is 0 Å². The minimum absolute atomic E-state index is 0.0175. The molecule has 2 aliphatic heterocycles. The number of nitrogens with zero attached hydrogens (tertiary/aromatic N) is 8. The van der Waals surface area contributed by atoms with Gasteiger partial charge in [-0.3, -0.25) is 9.78 Å². The van der Waals surface area contributed by atoms with Gasteiger partial charge in [0.1, 0.15) is 18.0 Å². The number of halogens is 3. The first-order chi connectivity index (χ1) is 22.9. The van der Waals surface area contributed by atoms with Crippen LogP contribution in [0.3, 0.4) is 0 Å². The lowest BCUT2D eigenvalue weighted by atomic mass is 9.81. The van der Waals surface area contributed by atoms with Crippen molar-refractivity contribution in [1.82, 2.24) is 24.8 Å². The summed E-state index contributed by atoms with van der Waals surface area (Å²) in [6.07, 6.45) is 3.90. The molecule has 1 aliphatic carbocycles. The van der Waals surface area contributed by atoms with Gasteiger partial charge in [-0.1, -0.05) is 24.8 Å². The summed E-state index contributed by atoms with van der Waals surface area (Å²) in [4.78, 5) is 38.1. The van der Waals surface area contributed by atoms with Crippen molar-refractivity contribution in [3.8, 4) is 6.01 Å². The Bertz CT molecular complexity index is 1730. The van der Waals surface area contributed by atoms with Gasteiger partial charge in [0.05, 0.1) is 24.1 Å². The molecule has 13 heteroatoms. The molecule has 2 aromatic heterocycles. The molecule has 6 rings (SSSR count). The lowest BCUT2D eigenvalue weighted by Gasteiger charge is -2.41. The zero-order valence-electron chi connectivity index (χ0n) is 27.6. The molecule has 2 atom stereocenters. The number of amides is 1. The van der Waals surface area contributed by atoms with Crippen molar-refractivity contribution in [3.05, 3.63) is 71.2 Å². The summed E-state index contributed by atoms with van der Waals surface area (Å²) in [5.41, 5.74) is 3.95. The molecular formula is C35H41F3N8O2. The van der Waals surface area contributed by atoms with Gasteiger partial charge in [0.2, 0.25) is 12.5 Å². The van der Waals surface area contributed by atoms with Crippen molar-refractivity contribution >= 4 is 28.2 Å². The van der Waals surface area contributed by atoms with E-state index in [-0.39, 0.29) is 44.0 Å². The largest absolute Gasteiger partial charge is 0.459 e. The van der Waals surface area contributed by atoms with Crippen LogP contribution in [0.4, 0.5) is 24.7 Å². The second-order valence-electron chi connectivity index (χ2n) is 13.4. The average Bonchev–Trinajstić information content (AvgIpc) is 3.02. The molecule has 0 N–H and O–H groups in total. The maximum absolute atomic E-state index is 13.9. The highest BCUT2D eigenvalue weighted by Crippen LogP contribution is 2.42. The molecule has 3 aliphatic rings. The van der Waals surface area contributed by atoms with Crippen molar-refractivity contribution in [2.75, 3.05) is 62.7 Å². The molecular weight excluding hydrogens is 621 g/mol. The fourth-order valence-electron chi connectivity index (χ4n) is 7.37. The Hall–Kier alpha value is -4.44. The van der Waals surface area contributed by atoms with Crippen LogP contribution < -0.4 is 14.5 Å². The molecule has 0 spiro atoms. The smallest absolute Gasteiger partial charge is 0.318 e. The summed E-state index contributed by atoms with van der Waals surface area (Å²) in [6, 6.07) is 5.83. The summed E-state index contributed by atoms with van der Waals surface area (Å²) >= 11 is 0. The zero-order valence-corrected chi connectivity index (χ0v) is 27.6. The summed E-state index contributed by atoms with van der Waals surface area (Å²) in [5, 5.41) is 2.20. The number of hydrogen-bond acceptors (Lipinski definition) is 8. The summed E-state index contributed by atoms with van der Waals surface area (Å²) in [6.45, 7) is 17.8. The molecule has 254 valence electrons. The number of ether oxygens (including phenoxy) is 1. The highest BCUT2D eigenvalue weighted by atomic mass is 19.3. The van der Waals surface area contributed by atoms with E-state index in [4.69, 9.17) is 21.3 Å². The van der Waals surface area contributed by atoms with Crippen LogP contribution in [0.2, 0.25) is 0 Å². The Morgan fingerprint density at radius 1 is 1.21 bits per heavy atom. The number of piperazine rings is 1. The van der Waals surface area contributed by atoms with Gasteiger partial charge < -0.3 is 29.2 Å². The Morgan fingerprint density at radius 2 is 2.00 bits per heavy atom. The van der Waals surface area contributed by atoms with Gasteiger partial charge in [-0.25, -0.2) is 19.7 Å². The molecule has 4 heterocycles. The van der Waals surface area contributed by atoms with Crippen molar-refractivity contribution < 1.29 is 22.7 Å². The van der Waals surface area contributed by atoms with Crippen LogP contribution in [-0.4, -0.2) is 102 Å². The molecule has 1 saturated carbocycles. The van der Waals surface area contributed by atoms with Gasteiger partial charge in [0.15, 0.2) is 5.83 Å². The van der Waals surface area contributed by atoms with Gasteiger partial charge >= 0.3 is 6.01 Å². The van der Waals surface area contributed by atoms with Crippen LogP contribution in [0.15, 0.2) is 43.0 Å². The number of carbonyl (C=O) groups excluding carboxylic acids is 1. The third-order valence-electron chi connectivity index (χ3n) is 9.53. The van der Waals surface area contributed by atoms with Crippen LogP contribution in [0.1, 0.15) is 36.6 Å². The Morgan fingerprint density at radius 3 is 2.73 bits per heavy atom. The standard InChI is InChI=1S/C35H41F3N8O2/c1-22-7-6-8-26-15-40-17-30(31(22)26)44-10-9-28-29(21-44)41-34(48-23(2)18-43(5)19-25-13-35(37,38)14-25)42-32(28)45-11-12-46(33(47)24(3)36)27(20-45)16-39-4/h6-8,15,17,23,25,27H,3,9-14,16,18-21H2,1-2,5H3/t23-,27+/m1/s1. The average molecular weight is 663 g/mol. The molecule has 10 nitrogen and oxygen atoms in total. The van der Waals surface area contributed by atoms with E-state index in [1.807, 2.05) is 42.2 Å². The lowest BCUT2D eigenvalue weighted by Crippen LogP contribution is -2.57. The number of aromatic nitrogens is 3. The molecule has 48 heavy (non-hydrogen) atoms. The maximum Gasteiger partial charge on any atom is 0.318 e. The quantitative estimate of drug-likeness (QED) is 0.220. The fraction of sp³-hybridized carbons (Fsp3) is 0.514. The van der Waals surface area contributed by atoms with Crippen LogP contribution in [0.5, 0.6) is 6.01 Å². The number of pyridine rings is 1.